The summed E-state index contributed by atoms with van der Waals surface area (Å²) in [7, 11) is 0. The van der Waals surface area contributed by atoms with Crippen LogP contribution in [0.5, 0.6) is 0 Å². The molecule has 7 heteroatoms. The second-order valence-corrected chi connectivity index (χ2v) is 7.80. The summed E-state index contributed by atoms with van der Waals surface area (Å²) in [4.78, 5) is 0. The zero-order valence-corrected chi connectivity index (χ0v) is 16.8. The lowest BCUT2D eigenvalue weighted by atomic mass is 10.2. The van der Waals surface area contributed by atoms with E-state index < -0.39 is 0 Å². The molecule has 4 aromatic rings. The maximum Gasteiger partial charge on any atom is 0.196 e. The second-order valence-electron chi connectivity index (χ2n) is 6.01. The summed E-state index contributed by atoms with van der Waals surface area (Å²) < 4.78 is 15.7. The summed E-state index contributed by atoms with van der Waals surface area (Å²) in [5.41, 5.74) is 2.46. The van der Waals surface area contributed by atoms with Gasteiger partial charge in [0.15, 0.2) is 11.0 Å². The summed E-state index contributed by atoms with van der Waals surface area (Å²) >= 11 is 13.9. The summed E-state index contributed by atoms with van der Waals surface area (Å²) in [5, 5.41) is 10.6. The van der Waals surface area contributed by atoms with Crippen molar-refractivity contribution < 1.29 is 4.39 Å². The van der Waals surface area contributed by atoms with Gasteiger partial charge < -0.3 is 0 Å². The fourth-order valence-corrected chi connectivity index (χ4v) is 4.19. The van der Waals surface area contributed by atoms with Gasteiger partial charge >= 0.3 is 0 Å². The minimum absolute atomic E-state index is 0.319. The molecule has 0 radical (unpaired) electrons. The number of para-hydroxylation sites is 1. The number of benzene rings is 3. The largest absolute Gasteiger partial charge is 0.270 e. The Morgan fingerprint density at radius 2 is 1.71 bits per heavy atom. The number of halogens is 3. The lowest BCUT2D eigenvalue weighted by molar-refractivity contribution is 0.628. The molecule has 0 unspecified atom stereocenters. The SMILES string of the molecule is Fc1cccc(-c2nnc(SCc3cc(Cl)ccc3Cl)n2-c2ccccc2)c1. The number of hydrogen-bond donors (Lipinski definition) is 0. The van der Waals surface area contributed by atoms with Crippen LogP contribution < -0.4 is 0 Å². The van der Waals surface area contributed by atoms with Crippen molar-refractivity contribution in [2.45, 2.75) is 10.9 Å². The van der Waals surface area contributed by atoms with E-state index in [9.17, 15) is 4.39 Å². The standard InChI is InChI=1S/C21H14Cl2FN3S/c22-16-9-10-19(23)15(11-16)13-28-21-26-25-20(14-5-4-6-17(24)12-14)27(21)18-7-2-1-3-8-18/h1-12H,13H2. The Balaban J connectivity index is 1.74. The fraction of sp³-hybridized carbons (Fsp3) is 0.0476. The minimum atomic E-state index is -0.319. The molecule has 0 spiro atoms. The Morgan fingerprint density at radius 3 is 2.50 bits per heavy atom. The molecule has 0 aliphatic carbocycles. The Hall–Kier alpha value is -2.34. The number of nitrogens with zero attached hydrogens (tertiary/aromatic N) is 3. The monoisotopic (exact) mass is 429 g/mol. The Morgan fingerprint density at radius 1 is 0.893 bits per heavy atom. The molecule has 3 aromatic carbocycles. The molecule has 3 nitrogen and oxygen atoms in total. The third-order valence-electron chi connectivity index (χ3n) is 4.10. The lowest BCUT2D eigenvalue weighted by Gasteiger charge is -2.11. The van der Waals surface area contributed by atoms with Gasteiger partial charge in [0.1, 0.15) is 5.82 Å². The molecule has 0 aliphatic rings. The quantitative estimate of drug-likeness (QED) is 0.331. The van der Waals surface area contributed by atoms with E-state index in [1.165, 1.54) is 23.9 Å². The molecule has 4 rings (SSSR count). The molecule has 1 heterocycles. The first-order valence-electron chi connectivity index (χ1n) is 8.45. The number of thioether (sulfide) groups is 1. The summed E-state index contributed by atoms with van der Waals surface area (Å²) in [5.74, 6) is 0.832. The van der Waals surface area contributed by atoms with Gasteiger partial charge in [0, 0.05) is 27.0 Å². The van der Waals surface area contributed by atoms with E-state index in [0.29, 0.717) is 32.3 Å². The predicted octanol–water partition coefficient (Wildman–Crippen LogP) is 6.67. The highest BCUT2D eigenvalue weighted by atomic mass is 35.5. The van der Waals surface area contributed by atoms with Gasteiger partial charge in [0.25, 0.3) is 0 Å². The molecule has 28 heavy (non-hydrogen) atoms. The summed E-state index contributed by atoms with van der Waals surface area (Å²) in [6, 6.07) is 21.4. The molecule has 0 amide bonds. The van der Waals surface area contributed by atoms with Crippen molar-refractivity contribution in [3.63, 3.8) is 0 Å². The van der Waals surface area contributed by atoms with Gasteiger partial charge in [-0.15, -0.1) is 10.2 Å². The van der Waals surface area contributed by atoms with Crippen molar-refractivity contribution in [2.24, 2.45) is 0 Å². The van der Waals surface area contributed by atoms with Crippen molar-refractivity contribution in [1.82, 2.24) is 14.8 Å². The molecule has 0 aliphatic heterocycles. The Kier molecular flexibility index (Phi) is 5.67. The third-order valence-corrected chi connectivity index (χ3v) is 5.68. The molecule has 0 saturated heterocycles. The zero-order chi connectivity index (χ0) is 19.5. The van der Waals surface area contributed by atoms with Crippen LogP contribution in [0.3, 0.4) is 0 Å². The van der Waals surface area contributed by atoms with Crippen LogP contribution in [0, 0.1) is 5.82 Å². The molecular formula is C21H14Cl2FN3S. The number of hydrogen-bond acceptors (Lipinski definition) is 3. The second kappa shape index (κ2) is 8.35. The van der Waals surface area contributed by atoms with Crippen molar-refractivity contribution in [2.75, 3.05) is 0 Å². The van der Waals surface area contributed by atoms with Crippen molar-refractivity contribution in [3.8, 4) is 17.1 Å². The van der Waals surface area contributed by atoms with Crippen LogP contribution in [0.25, 0.3) is 17.1 Å². The molecule has 0 saturated carbocycles. The van der Waals surface area contributed by atoms with Gasteiger partial charge in [0.05, 0.1) is 0 Å². The molecule has 0 atom stereocenters. The van der Waals surface area contributed by atoms with Gasteiger partial charge in [-0.1, -0.05) is 65.3 Å². The fourth-order valence-electron chi connectivity index (χ4n) is 2.78. The molecule has 1 aromatic heterocycles. The highest BCUT2D eigenvalue weighted by Gasteiger charge is 2.17. The van der Waals surface area contributed by atoms with Gasteiger partial charge in [-0.2, -0.15) is 0 Å². The van der Waals surface area contributed by atoms with Crippen LogP contribution >= 0.6 is 35.0 Å². The summed E-state index contributed by atoms with van der Waals surface area (Å²) in [6.07, 6.45) is 0. The van der Waals surface area contributed by atoms with Gasteiger partial charge in [-0.3, -0.25) is 4.57 Å². The van der Waals surface area contributed by atoms with Crippen LogP contribution in [0.4, 0.5) is 4.39 Å². The van der Waals surface area contributed by atoms with E-state index in [2.05, 4.69) is 10.2 Å². The highest BCUT2D eigenvalue weighted by Crippen LogP contribution is 2.32. The average Bonchev–Trinajstić information content (AvgIpc) is 3.13. The number of rotatable bonds is 5. The van der Waals surface area contributed by atoms with Crippen molar-refractivity contribution in [3.05, 3.63) is 94.2 Å². The third kappa shape index (κ3) is 4.07. The zero-order valence-electron chi connectivity index (χ0n) is 14.5. The lowest BCUT2D eigenvalue weighted by Crippen LogP contribution is -2.00. The maximum atomic E-state index is 13.8. The van der Waals surface area contributed by atoms with E-state index >= 15 is 0 Å². The van der Waals surface area contributed by atoms with Crippen molar-refractivity contribution in [1.29, 1.82) is 0 Å². The molecule has 0 N–H and O–H groups in total. The Labute approximate surface area is 176 Å². The van der Waals surface area contributed by atoms with E-state index in [1.54, 1.807) is 18.2 Å². The first kappa shape index (κ1) is 19.0. The first-order chi connectivity index (χ1) is 13.6. The predicted molar refractivity (Wildman–Crippen MR) is 113 cm³/mol. The maximum absolute atomic E-state index is 13.8. The first-order valence-corrected chi connectivity index (χ1v) is 10.2. The highest BCUT2D eigenvalue weighted by molar-refractivity contribution is 7.98. The van der Waals surface area contributed by atoms with Crippen LogP contribution in [-0.4, -0.2) is 14.8 Å². The molecule has 0 fully saturated rings. The van der Waals surface area contributed by atoms with E-state index in [4.69, 9.17) is 23.2 Å². The van der Waals surface area contributed by atoms with E-state index in [0.717, 1.165) is 11.3 Å². The average molecular weight is 430 g/mol. The van der Waals surface area contributed by atoms with Crippen LogP contribution in [0.2, 0.25) is 10.0 Å². The van der Waals surface area contributed by atoms with Gasteiger partial charge in [-0.05, 0) is 48.0 Å². The number of aromatic nitrogens is 3. The van der Waals surface area contributed by atoms with Gasteiger partial charge in [-0.25, -0.2) is 4.39 Å². The normalized spacial score (nSPS) is 11.0. The van der Waals surface area contributed by atoms with E-state index in [-0.39, 0.29) is 5.82 Å². The van der Waals surface area contributed by atoms with Crippen LogP contribution in [0.15, 0.2) is 78.0 Å². The van der Waals surface area contributed by atoms with E-state index in [1.807, 2.05) is 47.0 Å². The summed E-state index contributed by atoms with van der Waals surface area (Å²) in [6.45, 7) is 0. The van der Waals surface area contributed by atoms with Crippen LogP contribution in [0.1, 0.15) is 5.56 Å². The topological polar surface area (TPSA) is 30.7 Å². The van der Waals surface area contributed by atoms with Crippen LogP contribution in [-0.2, 0) is 5.75 Å². The molecule has 0 bridgehead atoms. The molecular weight excluding hydrogens is 416 g/mol. The molecule has 140 valence electrons. The minimum Gasteiger partial charge on any atom is -0.270 e. The van der Waals surface area contributed by atoms with Crippen molar-refractivity contribution >= 4 is 35.0 Å². The van der Waals surface area contributed by atoms with Gasteiger partial charge in [0.2, 0.25) is 0 Å². The smallest absolute Gasteiger partial charge is 0.196 e. The Bertz CT molecular complexity index is 1120.